The molecule has 0 saturated carbocycles. The molecule has 2 aromatic carbocycles. The number of rotatable bonds is 6. The Bertz CT molecular complexity index is 1310. The highest BCUT2D eigenvalue weighted by atomic mass is 19.1. The summed E-state index contributed by atoms with van der Waals surface area (Å²) in [7, 11) is 3.04. The number of carbonyl (C=O) groups is 1. The van der Waals surface area contributed by atoms with Crippen molar-refractivity contribution in [1.82, 2.24) is 14.5 Å². The summed E-state index contributed by atoms with van der Waals surface area (Å²) in [5.74, 6) is 0.380. The Balaban J connectivity index is 1.51. The molecule has 9 heteroatoms. The first-order chi connectivity index (χ1) is 14.5. The number of nitrogens with one attached hydrogen (secondary N) is 2. The molecular formula is C21H19FN4O4. The highest BCUT2D eigenvalue weighted by Crippen LogP contribution is 2.29. The molecule has 0 saturated heterocycles. The number of hydrogen-bond acceptors (Lipinski definition) is 5. The second kappa shape index (κ2) is 7.86. The fourth-order valence-corrected chi connectivity index (χ4v) is 3.28. The molecule has 0 fully saturated rings. The Labute approximate surface area is 170 Å². The Hall–Kier alpha value is -3.88. The zero-order chi connectivity index (χ0) is 21.3. The van der Waals surface area contributed by atoms with Crippen molar-refractivity contribution in [3.8, 4) is 11.5 Å². The molecule has 4 aromatic rings. The Morgan fingerprint density at radius 1 is 1.17 bits per heavy atom. The number of amides is 1. The van der Waals surface area contributed by atoms with Gasteiger partial charge < -0.3 is 19.8 Å². The Kier molecular flexibility index (Phi) is 5.09. The average Bonchev–Trinajstić information content (AvgIpc) is 3.12. The van der Waals surface area contributed by atoms with Crippen LogP contribution < -0.4 is 20.3 Å². The molecule has 0 spiro atoms. The van der Waals surface area contributed by atoms with E-state index in [0.717, 1.165) is 0 Å². The molecule has 0 unspecified atom stereocenters. The minimum absolute atomic E-state index is 0.0658. The van der Waals surface area contributed by atoms with Gasteiger partial charge in [-0.2, -0.15) is 0 Å². The number of hydrogen-bond donors (Lipinski definition) is 2. The maximum Gasteiger partial charge on any atom is 0.277 e. The molecular weight excluding hydrogens is 391 g/mol. The second-order valence-corrected chi connectivity index (χ2v) is 6.65. The van der Waals surface area contributed by atoms with Crippen molar-refractivity contribution in [2.75, 3.05) is 19.5 Å². The zero-order valence-corrected chi connectivity index (χ0v) is 16.4. The molecule has 8 nitrogen and oxygen atoms in total. The van der Waals surface area contributed by atoms with Crippen LogP contribution in [0.15, 0.2) is 47.5 Å². The van der Waals surface area contributed by atoms with Crippen molar-refractivity contribution in [1.29, 1.82) is 0 Å². The van der Waals surface area contributed by atoms with E-state index in [0.29, 0.717) is 33.6 Å². The lowest BCUT2D eigenvalue weighted by molar-refractivity contribution is -0.116. The van der Waals surface area contributed by atoms with E-state index in [1.807, 2.05) is 0 Å². The number of benzene rings is 2. The molecule has 0 aliphatic carbocycles. The number of anilines is 1. The molecule has 1 amide bonds. The number of aryl methyl sites for hydroxylation is 1. The molecule has 4 rings (SSSR count). The third-order valence-corrected chi connectivity index (χ3v) is 4.78. The molecule has 0 aliphatic heterocycles. The smallest absolute Gasteiger partial charge is 0.277 e. The molecule has 0 radical (unpaired) electrons. The van der Waals surface area contributed by atoms with Crippen LogP contribution in [-0.4, -0.2) is 34.7 Å². The highest BCUT2D eigenvalue weighted by molar-refractivity contribution is 6.04. The van der Waals surface area contributed by atoms with Gasteiger partial charge in [0.2, 0.25) is 5.91 Å². The number of methoxy groups -OCH3 is 2. The van der Waals surface area contributed by atoms with Crippen LogP contribution in [-0.2, 0) is 11.3 Å². The van der Waals surface area contributed by atoms with Crippen LogP contribution in [0.4, 0.5) is 10.1 Å². The minimum atomic E-state index is -0.402. The van der Waals surface area contributed by atoms with Gasteiger partial charge in [0.05, 0.1) is 20.5 Å². The van der Waals surface area contributed by atoms with Gasteiger partial charge in [0.25, 0.3) is 5.56 Å². The lowest BCUT2D eigenvalue weighted by Gasteiger charge is -2.11. The van der Waals surface area contributed by atoms with Gasteiger partial charge in [-0.25, -0.2) is 9.37 Å². The normalized spacial score (nSPS) is 11.0. The maximum absolute atomic E-state index is 13.5. The number of carbonyl (C=O) groups excluding carboxylic acids is 1. The summed E-state index contributed by atoms with van der Waals surface area (Å²) in [5.41, 5.74) is 1.53. The molecule has 154 valence electrons. The molecule has 0 atom stereocenters. The van der Waals surface area contributed by atoms with E-state index in [1.165, 1.54) is 37.2 Å². The topological polar surface area (TPSA) is 98.2 Å². The lowest BCUT2D eigenvalue weighted by atomic mass is 10.2. The maximum atomic E-state index is 13.5. The van der Waals surface area contributed by atoms with Gasteiger partial charge in [0.1, 0.15) is 16.9 Å². The van der Waals surface area contributed by atoms with E-state index >= 15 is 0 Å². The van der Waals surface area contributed by atoms with Crippen LogP contribution in [0.5, 0.6) is 11.5 Å². The molecule has 2 aromatic heterocycles. The summed E-state index contributed by atoms with van der Waals surface area (Å²) in [5, 5.41) is 3.30. The first-order valence-electron chi connectivity index (χ1n) is 9.18. The monoisotopic (exact) mass is 410 g/mol. The molecule has 0 aliphatic rings. The van der Waals surface area contributed by atoms with Crippen molar-refractivity contribution in [2.45, 2.75) is 13.0 Å². The number of ether oxygens (including phenoxy) is 2. The van der Waals surface area contributed by atoms with E-state index < -0.39 is 5.82 Å². The van der Waals surface area contributed by atoms with Crippen LogP contribution in [0, 0.1) is 5.82 Å². The third-order valence-electron chi connectivity index (χ3n) is 4.78. The van der Waals surface area contributed by atoms with Crippen LogP contribution in [0.3, 0.4) is 0 Å². The summed E-state index contributed by atoms with van der Waals surface area (Å²) in [6.45, 7) is 0.143. The van der Waals surface area contributed by atoms with Gasteiger partial charge in [-0.15, -0.1) is 0 Å². The van der Waals surface area contributed by atoms with Gasteiger partial charge in [0.15, 0.2) is 11.5 Å². The number of aromatic nitrogens is 3. The molecule has 0 bridgehead atoms. The summed E-state index contributed by atoms with van der Waals surface area (Å²) in [6.07, 6.45) is 1.43. The van der Waals surface area contributed by atoms with Gasteiger partial charge in [-0.3, -0.25) is 14.2 Å². The highest BCUT2D eigenvalue weighted by Gasteiger charge is 2.13. The molecule has 30 heavy (non-hydrogen) atoms. The van der Waals surface area contributed by atoms with E-state index in [-0.39, 0.29) is 29.9 Å². The van der Waals surface area contributed by atoms with Gasteiger partial charge in [-0.05, 0) is 30.3 Å². The quantitative estimate of drug-likeness (QED) is 0.509. The predicted molar refractivity (Wildman–Crippen MR) is 111 cm³/mol. The van der Waals surface area contributed by atoms with Crippen LogP contribution in [0.25, 0.3) is 21.9 Å². The van der Waals surface area contributed by atoms with Crippen molar-refractivity contribution < 1.29 is 18.7 Å². The summed E-state index contributed by atoms with van der Waals surface area (Å²) in [6, 6.07) is 9.25. The number of nitrogens with zero attached hydrogens (tertiary/aromatic N) is 2. The average molecular weight is 410 g/mol. The molecule has 2 heterocycles. The first kappa shape index (κ1) is 19.4. The number of halogens is 1. The van der Waals surface area contributed by atoms with Crippen LogP contribution in [0.2, 0.25) is 0 Å². The lowest BCUT2D eigenvalue weighted by Crippen LogP contribution is -2.23. The van der Waals surface area contributed by atoms with Crippen LogP contribution >= 0.6 is 0 Å². The first-order valence-corrected chi connectivity index (χ1v) is 9.18. The van der Waals surface area contributed by atoms with Crippen molar-refractivity contribution in [3.63, 3.8) is 0 Å². The van der Waals surface area contributed by atoms with Gasteiger partial charge in [0, 0.05) is 35.6 Å². The third kappa shape index (κ3) is 3.57. The fourth-order valence-electron chi connectivity index (χ4n) is 3.28. The summed E-state index contributed by atoms with van der Waals surface area (Å²) < 4.78 is 25.3. The SMILES string of the molecule is COc1ccc(NC(=O)CCn2cnc3c([nH]c4ccc(F)cc43)c2=O)cc1OC. The second-order valence-electron chi connectivity index (χ2n) is 6.65. The largest absolute Gasteiger partial charge is 0.493 e. The Morgan fingerprint density at radius 2 is 1.97 bits per heavy atom. The van der Waals surface area contributed by atoms with Crippen LogP contribution in [0.1, 0.15) is 6.42 Å². The van der Waals surface area contributed by atoms with E-state index in [9.17, 15) is 14.0 Å². The summed E-state index contributed by atoms with van der Waals surface area (Å²) >= 11 is 0. The Morgan fingerprint density at radius 3 is 2.73 bits per heavy atom. The number of fused-ring (bicyclic) bond motifs is 3. The van der Waals surface area contributed by atoms with Crippen molar-refractivity contribution in [3.05, 3.63) is 58.9 Å². The van der Waals surface area contributed by atoms with Gasteiger partial charge in [-0.1, -0.05) is 0 Å². The van der Waals surface area contributed by atoms with Crippen molar-refractivity contribution in [2.24, 2.45) is 0 Å². The minimum Gasteiger partial charge on any atom is -0.493 e. The van der Waals surface area contributed by atoms with Gasteiger partial charge >= 0.3 is 0 Å². The zero-order valence-electron chi connectivity index (χ0n) is 16.4. The summed E-state index contributed by atoms with van der Waals surface area (Å²) in [4.78, 5) is 32.3. The molecule has 2 N–H and O–H groups in total. The fraction of sp³-hybridized carbons (Fsp3) is 0.190. The number of H-pyrrole nitrogens is 1. The van der Waals surface area contributed by atoms with E-state index in [4.69, 9.17) is 9.47 Å². The van der Waals surface area contributed by atoms with E-state index in [1.54, 1.807) is 24.3 Å². The standard InChI is InChI=1S/C21H19FN4O4/c1-29-16-6-4-13(10-17(16)30-2)24-18(27)7-8-26-11-23-19-14-9-12(22)3-5-15(14)25-20(19)21(26)28/h3-6,9-11,25H,7-8H2,1-2H3,(H,24,27). The van der Waals surface area contributed by atoms with E-state index in [2.05, 4.69) is 15.3 Å². The van der Waals surface area contributed by atoms with Crippen molar-refractivity contribution >= 4 is 33.5 Å². The predicted octanol–water partition coefficient (Wildman–Crippen LogP) is 3.06. The number of aromatic amines is 1.